The van der Waals surface area contributed by atoms with Crippen molar-refractivity contribution in [3.05, 3.63) is 65.7 Å². The van der Waals surface area contributed by atoms with Crippen LogP contribution in [0.2, 0.25) is 0 Å². The number of hydrogen-bond acceptors (Lipinski definition) is 1. The second kappa shape index (κ2) is 22.3. The van der Waals surface area contributed by atoms with Gasteiger partial charge in [-0.2, -0.15) is 35.9 Å². The zero-order valence-electron chi connectivity index (χ0n) is 22.0. The van der Waals surface area contributed by atoms with Gasteiger partial charge >= 0.3 is 7.60 Å². The summed E-state index contributed by atoms with van der Waals surface area (Å²) < 4.78 is 11.0. The second-order valence-corrected chi connectivity index (χ2v) is 11.0. The number of benzene rings is 2. The SMILES string of the molecule is CCCCCCCCCc1cc[c-]cc1.CCCCCCCCCc1ccc(P(=O)(O)O)cc1.[Ni]. The molecule has 0 aliphatic carbocycles. The normalized spacial score (nSPS) is 10.9. The molecule has 3 nitrogen and oxygen atoms in total. The van der Waals surface area contributed by atoms with Crippen LogP contribution in [0, 0.1) is 6.07 Å². The Balaban J connectivity index is 0.000000659. The maximum atomic E-state index is 11.0. The van der Waals surface area contributed by atoms with E-state index in [0.29, 0.717) is 0 Å². The molecule has 0 fully saturated rings. The molecule has 0 aliphatic heterocycles. The van der Waals surface area contributed by atoms with Gasteiger partial charge in [0.2, 0.25) is 0 Å². The molecule has 0 radical (unpaired) electrons. The third kappa shape index (κ3) is 18.9. The molecule has 0 aromatic heterocycles. The van der Waals surface area contributed by atoms with Crippen LogP contribution >= 0.6 is 7.60 Å². The van der Waals surface area contributed by atoms with Crippen LogP contribution in [0.5, 0.6) is 0 Å². The summed E-state index contributed by atoms with van der Waals surface area (Å²) in [4.78, 5) is 18.0. The molecular weight excluding hydrogens is 498 g/mol. The van der Waals surface area contributed by atoms with Gasteiger partial charge in [0, 0.05) is 16.5 Å². The first-order valence-corrected chi connectivity index (χ1v) is 15.2. The van der Waals surface area contributed by atoms with Crippen molar-refractivity contribution in [1.82, 2.24) is 0 Å². The third-order valence-electron chi connectivity index (χ3n) is 6.20. The van der Waals surface area contributed by atoms with Gasteiger partial charge in [0.1, 0.15) is 0 Å². The molecule has 2 aromatic rings. The van der Waals surface area contributed by atoms with E-state index in [2.05, 4.69) is 32.0 Å². The Morgan fingerprint density at radius 3 is 1.37 bits per heavy atom. The van der Waals surface area contributed by atoms with Crippen LogP contribution in [0.15, 0.2) is 48.5 Å². The fourth-order valence-electron chi connectivity index (χ4n) is 4.02. The largest absolute Gasteiger partial charge is 0.356 e. The molecule has 0 unspecified atom stereocenters. The Kier molecular flexibility index (Phi) is 21.7. The van der Waals surface area contributed by atoms with Crippen LogP contribution in [-0.2, 0) is 33.9 Å². The Morgan fingerprint density at radius 1 is 0.600 bits per heavy atom. The van der Waals surface area contributed by atoms with Gasteiger partial charge in [-0.25, -0.2) is 0 Å². The first kappa shape index (κ1) is 34.1. The molecule has 0 heterocycles. The van der Waals surface area contributed by atoms with E-state index in [1.807, 2.05) is 24.3 Å². The molecular formula is C30H48NiO3P-. The van der Waals surface area contributed by atoms with Gasteiger partial charge < -0.3 is 9.79 Å². The van der Waals surface area contributed by atoms with Crippen molar-refractivity contribution in [2.24, 2.45) is 0 Å². The van der Waals surface area contributed by atoms with Gasteiger partial charge in [0.25, 0.3) is 0 Å². The maximum Gasteiger partial charge on any atom is 0.356 e. The van der Waals surface area contributed by atoms with E-state index >= 15 is 0 Å². The van der Waals surface area contributed by atoms with Crippen molar-refractivity contribution in [2.45, 2.75) is 117 Å². The summed E-state index contributed by atoms with van der Waals surface area (Å²) in [5, 5.41) is 0.107. The Hall–Kier alpha value is -0.916. The summed E-state index contributed by atoms with van der Waals surface area (Å²) in [7, 11) is -4.09. The minimum atomic E-state index is -4.09. The molecule has 0 amide bonds. The molecule has 5 heteroatoms. The average molecular weight is 546 g/mol. The van der Waals surface area contributed by atoms with Crippen molar-refractivity contribution in [1.29, 1.82) is 0 Å². The average Bonchev–Trinajstić information content (AvgIpc) is 2.84. The van der Waals surface area contributed by atoms with E-state index in [4.69, 9.17) is 9.79 Å². The maximum absolute atomic E-state index is 11.0. The smallest absolute Gasteiger partial charge is 0.321 e. The zero-order valence-corrected chi connectivity index (χ0v) is 23.9. The molecule has 2 aromatic carbocycles. The Morgan fingerprint density at radius 2 is 0.971 bits per heavy atom. The van der Waals surface area contributed by atoms with Crippen LogP contribution in [0.1, 0.15) is 115 Å². The predicted molar refractivity (Wildman–Crippen MR) is 147 cm³/mol. The van der Waals surface area contributed by atoms with Gasteiger partial charge in [-0.15, -0.1) is 0 Å². The summed E-state index contributed by atoms with van der Waals surface area (Å²) in [6.45, 7) is 4.49. The summed E-state index contributed by atoms with van der Waals surface area (Å²) in [6.07, 6.45) is 21.0. The Bertz CT molecular complexity index is 759. The second-order valence-electron chi connectivity index (χ2n) is 9.36. The predicted octanol–water partition coefficient (Wildman–Crippen LogP) is 8.56. The minimum absolute atomic E-state index is 0. The molecule has 0 aliphatic rings. The summed E-state index contributed by atoms with van der Waals surface area (Å²) in [6, 6.07) is 18.2. The van der Waals surface area contributed by atoms with Gasteiger partial charge in [0.15, 0.2) is 0 Å². The van der Waals surface area contributed by atoms with Crippen LogP contribution < -0.4 is 5.30 Å². The topological polar surface area (TPSA) is 57.5 Å². The van der Waals surface area contributed by atoms with Crippen LogP contribution in [0.3, 0.4) is 0 Å². The van der Waals surface area contributed by atoms with Gasteiger partial charge in [-0.1, -0.05) is 116 Å². The zero-order chi connectivity index (χ0) is 24.9. The van der Waals surface area contributed by atoms with Crippen molar-refractivity contribution in [2.75, 3.05) is 0 Å². The first-order chi connectivity index (χ1) is 16.5. The molecule has 0 bridgehead atoms. The monoisotopic (exact) mass is 545 g/mol. The van der Waals surface area contributed by atoms with E-state index in [-0.39, 0.29) is 21.8 Å². The fraction of sp³-hybridized carbons (Fsp3) is 0.600. The van der Waals surface area contributed by atoms with Crippen LogP contribution in [0.4, 0.5) is 0 Å². The number of rotatable bonds is 17. The van der Waals surface area contributed by atoms with Crippen molar-refractivity contribution >= 4 is 12.9 Å². The number of hydrogen-bond donors (Lipinski definition) is 2. The first-order valence-electron chi connectivity index (χ1n) is 13.6. The van der Waals surface area contributed by atoms with E-state index in [1.54, 1.807) is 0 Å². The summed E-state index contributed by atoms with van der Waals surface area (Å²) in [5.74, 6) is 0. The number of unbranched alkanes of at least 4 members (excludes halogenated alkanes) is 12. The van der Waals surface area contributed by atoms with E-state index in [0.717, 1.165) is 18.4 Å². The molecule has 2 rings (SSSR count). The quantitative estimate of drug-likeness (QED) is 0.0905. The summed E-state index contributed by atoms with van der Waals surface area (Å²) >= 11 is 0. The third-order valence-corrected chi connectivity index (χ3v) is 7.17. The van der Waals surface area contributed by atoms with Gasteiger partial charge in [-0.3, -0.25) is 4.57 Å². The molecule has 0 atom stereocenters. The molecule has 35 heavy (non-hydrogen) atoms. The molecule has 0 saturated carbocycles. The van der Waals surface area contributed by atoms with E-state index in [9.17, 15) is 4.57 Å². The van der Waals surface area contributed by atoms with Gasteiger partial charge in [-0.05, 0) is 30.5 Å². The molecule has 0 spiro atoms. The van der Waals surface area contributed by atoms with Crippen molar-refractivity contribution in [3.8, 4) is 0 Å². The van der Waals surface area contributed by atoms with Crippen molar-refractivity contribution in [3.63, 3.8) is 0 Å². The summed E-state index contributed by atoms with van der Waals surface area (Å²) in [5.41, 5.74) is 2.62. The van der Waals surface area contributed by atoms with Crippen LogP contribution in [0.25, 0.3) is 0 Å². The minimum Gasteiger partial charge on any atom is -0.321 e. The van der Waals surface area contributed by atoms with Crippen LogP contribution in [-0.4, -0.2) is 9.79 Å². The van der Waals surface area contributed by atoms with Crippen molar-refractivity contribution < 1.29 is 30.8 Å². The number of aryl methyl sites for hydroxylation is 2. The standard InChI is InChI=1S/C15H25O3P.C15H23.Ni/c1-2-3-4-5-6-7-8-9-14-10-12-15(13-11-14)19(16,17)18;1-2-3-4-5-6-7-9-12-15-13-10-8-11-14-15;/h10-13H,2-9H2,1H3,(H2,16,17,18);10-11,13-14H,2-7,9,12H2,1H3;/q;-1;. The molecule has 0 saturated heterocycles. The fourth-order valence-corrected chi connectivity index (χ4v) is 4.55. The van der Waals surface area contributed by atoms with E-state index in [1.165, 1.54) is 108 Å². The van der Waals surface area contributed by atoms with E-state index < -0.39 is 7.60 Å². The molecule has 2 N–H and O–H groups in total. The Labute approximate surface area is 225 Å². The van der Waals surface area contributed by atoms with Gasteiger partial charge in [0.05, 0.1) is 5.30 Å². The molecule has 202 valence electrons.